The maximum Gasteiger partial charge on any atom is 0.257 e. The first kappa shape index (κ1) is 23.8. The molecule has 0 saturated heterocycles. The Balaban J connectivity index is 1.34. The molecule has 0 spiro atoms. The molecular weight excluding hydrogens is 473 g/mol. The Hall–Kier alpha value is -3.35. The van der Waals surface area contributed by atoms with Crippen LogP contribution in [0.15, 0.2) is 72.8 Å². The number of carbonyl (C=O) groups is 2. The molecule has 1 aromatic heterocycles. The zero-order chi connectivity index (χ0) is 23.9. The van der Waals surface area contributed by atoms with Crippen molar-refractivity contribution in [2.45, 2.75) is 19.4 Å². The first-order chi connectivity index (χ1) is 16.5. The van der Waals surface area contributed by atoms with Crippen LogP contribution in [0.2, 0.25) is 10.0 Å². The second-order valence-corrected chi connectivity index (χ2v) is 8.60. The zero-order valence-corrected chi connectivity index (χ0v) is 19.9. The number of halogens is 2. The molecule has 1 amide bonds. The number of aromatic nitrogens is 2. The van der Waals surface area contributed by atoms with Crippen LogP contribution in [0.1, 0.15) is 22.6 Å². The van der Waals surface area contributed by atoms with Crippen LogP contribution in [0, 0.1) is 0 Å². The molecule has 4 aromatic rings. The van der Waals surface area contributed by atoms with Crippen LogP contribution in [0.25, 0.3) is 11.0 Å². The van der Waals surface area contributed by atoms with Gasteiger partial charge in [0.1, 0.15) is 11.6 Å². The van der Waals surface area contributed by atoms with Crippen molar-refractivity contribution < 1.29 is 14.3 Å². The number of imidazole rings is 1. The topological polar surface area (TPSA) is 73.2 Å². The van der Waals surface area contributed by atoms with Gasteiger partial charge < -0.3 is 14.6 Å². The standard InChI is InChI=1S/C26H23Cl2N3O3/c27-19-9-7-18(8-10-19)24(32)16-31-23-5-2-1-4-22(23)30-25(31)6-3-15-29-26(33)17-34-21-13-11-20(28)12-14-21/h1-2,4-5,7-14H,3,6,15-17H2,(H,29,33). The third-order valence-corrected chi connectivity index (χ3v) is 5.79. The minimum absolute atomic E-state index is 0.0197. The van der Waals surface area contributed by atoms with Gasteiger partial charge in [-0.3, -0.25) is 9.59 Å². The molecule has 0 radical (unpaired) electrons. The maximum atomic E-state index is 12.9. The maximum absolute atomic E-state index is 12.9. The summed E-state index contributed by atoms with van der Waals surface area (Å²) in [5, 5.41) is 4.05. The highest BCUT2D eigenvalue weighted by molar-refractivity contribution is 6.30. The van der Waals surface area contributed by atoms with E-state index < -0.39 is 0 Å². The zero-order valence-electron chi connectivity index (χ0n) is 18.3. The van der Waals surface area contributed by atoms with Crippen LogP contribution in [-0.4, -0.2) is 34.4 Å². The van der Waals surface area contributed by atoms with Gasteiger partial charge in [0.15, 0.2) is 12.4 Å². The van der Waals surface area contributed by atoms with Crippen molar-refractivity contribution in [2.75, 3.05) is 13.2 Å². The number of hydrogen-bond donors (Lipinski definition) is 1. The Morgan fingerprint density at radius 1 is 0.912 bits per heavy atom. The molecule has 0 atom stereocenters. The van der Waals surface area contributed by atoms with Crippen LogP contribution in [0.3, 0.4) is 0 Å². The second-order valence-electron chi connectivity index (χ2n) is 7.73. The van der Waals surface area contributed by atoms with E-state index in [1.54, 1.807) is 48.5 Å². The van der Waals surface area contributed by atoms with Crippen molar-refractivity contribution in [3.63, 3.8) is 0 Å². The number of carbonyl (C=O) groups excluding carboxylic acids is 2. The number of Topliss-reactive ketones (excluding diaryl/α,β-unsaturated/α-hetero) is 1. The molecule has 0 aliphatic rings. The van der Waals surface area contributed by atoms with Crippen molar-refractivity contribution >= 4 is 45.9 Å². The van der Waals surface area contributed by atoms with E-state index in [1.807, 2.05) is 28.8 Å². The molecule has 174 valence electrons. The lowest BCUT2D eigenvalue weighted by molar-refractivity contribution is -0.123. The first-order valence-electron chi connectivity index (χ1n) is 10.9. The van der Waals surface area contributed by atoms with Crippen LogP contribution in [0.5, 0.6) is 5.75 Å². The number of nitrogens with one attached hydrogen (secondary N) is 1. The fraction of sp³-hybridized carbons (Fsp3) is 0.192. The smallest absolute Gasteiger partial charge is 0.257 e. The van der Waals surface area contributed by atoms with Crippen LogP contribution in [0.4, 0.5) is 0 Å². The lowest BCUT2D eigenvalue weighted by Gasteiger charge is -2.10. The Morgan fingerprint density at radius 2 is 1.59 bits per heavy atom. The van der Waals surface area contributed by atoms with Crippen LogP contribution < -0.4 is 10.1 Å². The third-order valence-electron chi connectivity index (χ3n) is 5.28. The Bertz CT molecular complexity index is 1290. The van der Waals surface area contributed by atoms with Gasteiger partial charge in [-0.15, -0.1) is 0 Å². The summed E-state index contributed by atoms with van der Waals surface area (Å²) >= 11 is 11.8. The summed E-state index contributed by atoms with van der Waals surface area (Å²) in [7, 11) is 0. The lowest BCUT2D eigenvalue weighted by atomic mass is 10.1. The molecule has 0 bridgehead atoms. The van der Waals surface area contributed by atoms with Crippen molar-refractivity contribution in [1.29, 1.82) is 0 Å². The summed E-state index contributed by atoms with van der Waals surface area (Å²) in [6.45, 7) is 0.575. The van der Waals surface area contributed by atoms with Crippen molar-refractivity contribution in [3.05, 3.63) is 94.2 Å². The van der Waals surface area contributed by atoms with E-state index in [2.05, 4.69) is 5.32 Å². The molecule has 4 rings (SSSR count). The molecule has 0 fully saturated rings. The molecule has 3 aromatic carbocycles. The fourth-order valence-electron chi connectivity index (χ4n) is 3.57. The van der Waals surface area contributed by atoms with Gasteiger partial charge in [0.25, 0.3) is 5.91 Å². The molecular formula is C26H23Cl2N3O3. The van der Waals surface area contributed by atoms with E-state index in [0.717, 1.165) is 16.9 Å². The highest BCUT2D eigenvalue weighted by Gasteiger charge is 2.15. The number of ether oxygens (including phenoxy) is 1. The highest BCUT2D eigenvalue weighted by Crippen LogP contribution is 2.19. The number of benzene rings is 3. The molecule has 8 heteroatoms. The normalized spacial score (nSPS) is 10.9. The second kappa shape index (κ2) is 11.2. The van der Waals surface area contributed by atoms with Gasteiger partial charge in [-0.1, -0.05) is 35.3 Å². The quantitative estimate of drug-likeness (QED) is 0.237. The van der Waals surface area contributed by atoms with Gasteiger partial charge >= 0.3 is 0 Å². The Kier molecular flexibility index (Phi) is 7.83. The summed E-state index contributed by atoms with van der Waals surface area (Å²) in [6, 6.07) is 21.4. The summed E-state index contributed by atoms with van der Waals surface area (Å²) in [5.74, 6) is 1.16. The number of hydrogen-bond acceptors (Lipinski definition) is 4. The van der Waals surface area contributed by atoms with E-state index in [1.165, 1.54) is 0 Å². The minimum Gasteiger partial charge on any atom is -0.484 e. The largest absolute Gasteiger partial charge is 0.484 e. The monoisotopic (exact) mass is 495 g/mol. The average Bonchev–Trinajstić information content (AvgIpc) is 3.19. The number of ketones is 1. The lowest BCUT2D eigenvalue weighted by Crippen LogP contribution is -2.30. The minimum atomic E-state index is -0.207. The Labute approximate surface area is 207 Å². The summed E-state index contributed by atoms with van der Waals surface area (Å²) in [6.07, 6.45) is 1.28. The van der Waals surface area contributed by atoms with E-state index in [-0.39, 0.29) is 24.8 Å². The van der Waals surface area contributed by atoms with Gasteiger partial charge in [0, 0.05) is 28.6 Å². The molecule has 1 N–H and O–H groups in total. The van der Waals surface area contributed by atoms with Crippen LogP contribution >= 0.6 is 23.2 Å². The highest BCUT2D eigenvalue weighted by atomic mass is 35.5. The molecule has 1 heterocycles. The predicted octanol–water partition coefficient (Wildman–Crippen LogP) is 5.35. The molecule has 0 aliphatic heterocycles. The van der Waals surface area contributed by atoms with Crippen molar-refractivity contribution in [1.82, 2.24) is 14.9 Å². The molecule has 34 heavy (non-hydrogen) atoms. The summed E-state index contributed by atoms with van der Waals surface area (Å²) < 4.78 is 7.40. The molecule has 0 unspecified atom stereocenters. The van der Waals surface area contributed by atoms with Crippen molar-refractivity contribution in [2.24, 2.45) is 0 Å². The van der Waals surface area contributed by atoms with Gasteiger partial charge in [-0.05, 0) is 67.1 Å². The predicted molar refractivity (Wildman–Crippen MR) is 134 cm³/mol. The SMILES string of the molecule is O=C(COc1ccc(Cl)cc1)NCCCc1nc2ccccc2n1CC(=O)c1ccc(Cl)cc1. The number of aryl methyl sites for hydroxylation is 1. The number of para-hydroxylation sites is 2. The fourth-order valence-corrected chi connectivity index (χ4v) is 3.82. The van der Waals surface area contributed by atoms with Crippen LogP contribution in [-0.2, 0) is 17.8 Å². The molecule has 6 nitrogen and oxygen atoms in total. The van der Waals surface area contributed by atoms with Gasteiger partial charge in [0.05, 0.1) is 17.6 Å². The number of amides is 1. The third kappa shape index (κ3) is 6.16. The molecule has 0 aliphatic carbocycles. The summed E-state index contributed by atoms with van der Waals surface area (Å²) in [4.78, 5) is 29.7. The van der Waals surface area contributed by atoms with Gasteiger partial charge in [-0.2, -0.15) is 0 Å². The van der Waals surface area contributed by atoms with Gasteiger partial charge in [0.2, 0.25) is 0 Å². The molecule has 0 saturated carbocycles. The van der Waals surface area contributed by atoms with Gasteiger partial charge in [-0.25, -0.2) is 4.98 Å². The van der Waals surface area contributed by atoms with E-state index in [9.17, 15) is 9.59 Å². The Morgan fingerprint density at radius 3 is 2.32 bits per heavy atom. The summed E-state index contributed by atoms with van der Waals surface area (Å²) in [5.41, 5.74) is 2.34. The number of rotatable bonds is 10. The van der Waals surface area contributed by atoms with E-state index in [4.69, 9.17) is 32.9 Å². The van der Waals surface area contributed by atoms with E-state index in [0.29, 0.717) is 40.7 Å². The average molecular weight is 496 g/mol. The van der Waals surface area contributed by atoms with Crippen molar-refractivity contribution in [3.8, 4) is 5.75 Å². The first-order valence-corrected chi connectivity index (χ1v) is 11.6. The number of fused-ring (bicyclic) bond motifs is 1. The number of nitrogens with zero attached hydrogens (tertiary/aromatic N) is 2. The van der Waals surface area contributed by atoms with E-state index >= 15 is 0 Å².